The molecular weight excluding hydrogens is 259 g/mol. The average Bonchev–Trinajstić information content (AvgIpc) is 2.26. The van der Waals surface area contributed by atoms with Crippen LogP contribution in [0.3, 0.4) is 0 Å². The first-order chi connectivity index (χ1) is 8.06. The van der Waals surface area contributed by atoms with E-state index in [2.05, 4.69) is 17.2 Å². The number of hydrogen-bond donors (Lipinski definition) is 1. The molecule has 1 aromatic rings. The van der Waals surface area contributed by atoms with E-state index in [0.29, 0.717) is 10.6 Å². The lowest BCUT2D eigenvalue weighted by molar-refractivity contribution is 0.0820. The fourth-order valence-electron chi connectivity index (χ4n) is 2.07. The minimum Gasteiger partial charge on any atom is -0.347 e. The van der Waals surface area contributed by atoms with Crippen LogP contribution in [-0.4, -0.2) is 16.4 Å². The molecule has 0 unspecified atom stereocenters. The number of hydrogen-bond acceptors (Lipinski definition) is 2. The summed E-state index contributed by atoms with van der Waals surface area (Å²) in [6.07, 6.45) is 5.57. The van der Waals surface area contributed by atoms with E-state index in [4.69, 9.17) is 23.2 Å². The van der Waals surface area contributed by atoms with Gasteiger partial charge >= 0.3 is 0 Å². The van der Waals surface area contributed by atoms with E-state index in [9.17, 15) is 4.79 Å². The summed E-state index contributed by atoms with van der Waals surface area (Å²) >= 11 is 11.7. The second-order valence-electron chi connectivity index (χ2n) is 4.43. The monoisotopic (exact) mass is 272 g/mol. The van der Waals surface area contributed by atoms with Crippen LogP contribution in [0.2, 0.25) is 10.2 Å². The first kappa shape index (κ1) is 12.7. The van der Waals surface area contributed by atoms with Crippen LogP contribution in [0.15, 0.2) is 12.3 Å². The Morgan fingerprint density at radius 2 is 2.24 bits per heavy atom. The molecule has 1 heterocycles. The van der Waals surface area contributed by atoms with Crippen molar-refractivity contribution in [2.24, 2.45) is 0 Å². The number of carbonyl (C=O) groups is 1. The van der Waals surface area contributed by atoms with Gasteiger partial charge in [-0.3, -0.25) is 4.79 Å². The Hall–Kier alpha value is -0.800. The number of amides is 1. The molecule has 0 aromatic carbocycles. The summed E-state index contributed by atoms with van der Waals surface area (Å²) < 4.78 is 0. The van der Waals surface area contributed by atoms with Crippen molar-refractivity contribution < 1.29 is 4.79 Å². The fraction of sp³-hybridized carbons (Fsp3) is 0.500. The van der Waals surface area contributed by atoms with E-state index < -0.39 is 0 Å². The van der Waals surface area contributed by atoms with Gasteiger partial charge in [-0.1, -0.05) is 30.1 Å². The van der Waals surface area contributed by atoms with Crippen molar-refractivity contribution in [3.63, 3.8) is 0 Å². The Labute approximate surface area is 111 Å². The normalized spacial score (nSPS) is 17.4. The summed E-state index contributed by atoms with van der Waals surface area (Å²) in [7, 11) is 0. The molecular formula is C12H14Cl2N2O. The molecule has 0 saturated heterocycles. The molecule has 0 aliphatic heterocycles. The summed E-state index contributed by atoms with van der Waals surface area (Å²) in [4.78, 5) is 15.9. The van der Waals surface area contributed by atoms with Gasteiger partial charge in [0.25, 0.3) is 5.91 Å². The molecule has 3 nitrogen and oxygen atoms in total. The number of halogens is 2. The minimum atomic E-state index is -0.166. The van der Waals surface area contributed by atoms with Gasteiger partial charge in [-0.25, -0.2) is 4.98 Å². The second-order valence-corrected chi connectivity index (χ2v) is 5.22. The van der Waals surface area contributed by atoms with E-state index in [1.54, 1.807) is 0 Å². The van der Waals surface area contributed by atoms with Crippen LogP contribution in [0, 0.1) is 0 Å². The zero-order valence-corrected chi connectivity index (χ0v) is 11.1. The molecule has 1 saturated carbocycles. The topological polar surface area (TPSA) is 42.0 Å². The van der Waals surface area contributed by atoms with Crippen LogP contribution in [0.4, 0.5) is 0 Å². The summed E-state index contributed by atoms with van der Waals surface area (Å²) in [5, 5.41) is 3.66. The third-order valence-corrected chi connectivity index (χ3v) is 3.94. The van der Waals surface area contributed by atoms with Crippen molar-refractivity contribution in [1.82, 2.24) is 10.3 Å². The zero-order valence-electron chi connectivity index (χ0n) is 9.59. The highest BCUT2D eigenvalue weighted by molar-refractivity contribution is 6.35. The van der Waals surface area contributed by atoms with Gasteiger partial charge < -0.3 is 5.32 Å². The van der Waals surface area contributed by atoms with Crippen molar-refractivity contribution in [3.8, 4) is 0 Å². The Balaban J connectivity index is 2.17. The van der Waals surface area contributed by atoms with Crippen molar-refractivity contribution in [2.75, 3.05) is 0 Å². The second kappa shape index (κ2) is 4.83. The molecule has 2 rings (SSSR count). The van der Waals surface area contributed by atoms with E-state index in [1.165, 1.54) is 18.7 Å². The summed E-state index contributed by atoms with van der Waals surface area (Å²) in [5.74, 6) is -0.166. The van der Waals surface area contributed by atoms with Crippen molar-refractivity contribution >= 4 is 29.1 Å². The molecule has 0 radical (unpaired) electrons. The quantitative estimate of drug-likeness (QED) is 0.857. The van der Waals surface area contributed by atoms with E-state index in [1.807, 2.05) is 0 Å². The smallest absolute Gasteiger partial charge is 0.253 e. The summed E-state index contributed by atoms with van der Waals surface area (Å²) in [6, 6.07) is 1.50. The Morgan fingerprint density at radius 3 is 2.76 bits per heavy atom. The van der Waals surface area contributed by atoms with Crippen molar-refractivity contribution in [1.29, 1.82) is 0 Å². The van der Waals surface area contributed by atoms with Gasteiger partial charge in [-0.15, -0.1) is 0 Å². The van der Waals surface area contributed by atoms with Crippen LogP contribution in [0.5, 0.6) is 0 Å². The van der Waals surface area contributed by atoms with Gasteiger partial charge in [-0.05, 0) is 31.7 Å². The predicted octanol–water partition coefficient (Wildman–Crippen LogP) is 3.45. The first-order valence-corrected chi connectivity index (χ1v) is 6.45. The highest BCUT2D eigenvalue weighted by Crippen LogP contribution is 2.35. The molecule has 1 aliphatic carbocycles. The van der Waals surface area contributed by atoms with Gasteiger partial charge in [0.15, 0.2) is 0 Å². The minimum absolute atomic E-state index is 0.0455. The number of pyridine rings is 1. The lowest BCUT2D eigenvalue weighted by Crippen LogP contribution is -2.53. The number of aromatic nitrogens is 1. The van der Waals surface area contributed by atoms with Gasteiger partial charge in [0.05, 0.1) is 10.6 Å². The highest BCUT2D eigenvalue weighted by atomic mass is 35.5. The maximum atomic E-state index is 12.1. The Morgan fingerprint density at radius 1 is 1.53 bits per heavy atom. The van der Waals surface area contributed by atoms with E-state index in [0.717, 1.165) is 19.3 Å². The van der Waals surface area contributed by atoms with Crippen molar-refractivity contribution in [3.05, 3.63) is 28.0 Å². The number of nitrogens with zero attached hydrogens (tertiary/aromatic N) is 1. The number of nitrogens with one attached hydrogen (secondary N) is 1. The van der Waals surface area contributed by atoms with Crippen LogP contribution in [0.1, 0.15) is 43.0 Å². The summed E-state index contributed by atoms with van der Waals surface area (Å²) in [6.45, 7) is 2.08. The standard InChI is InChI=1S/C12H14Cl2N2O/c1-2-12(4-3-5-12)16-11(17)8-6-10(14)15-7-9(8)13/h6-7H,2-5H2,1H3,(H,16,17). The van der Waals surface area contributed by atoms with Gasteiger partial charge in [0.2, 0.25) is 0 Å². The Kier molecular flexibility index (Phi) is 3.59. The molecule has 1 N–H and O–H groups in total. The van der Waals surface area contributed by atoms with Crippen LogP contribution in [-0.2, 0) is 0 Å². The van der Waals surface area contributed by atoms with Crippen molar-refractivity contribution in [2.45, 2.75) is 38.1 Å². The molecule has 0 bridgehead atoms. The molecule has 92 valence electrons. The van der Waals surface area contributed by atoms with Gasteiger partial charge in [0.1, 0.15) is 5.15 Å². The molecule has 5 heteroatoms. The SMILES string of the molecule is CCC1(NC(=O)c2cc(Cl)ncc2Cl)CCC1. The predicted molar refractivity (Wildman–Crippen MR) is 68.6 cm³/mol. The molecule has 0 atom stereocenters. The maximum Gasteiger partial charge on any atom is 0.253 e. The Bertz CT molecular complexity index is 439. The number of carbonyl (C=O) groups excluding carboxylic acids is 1. The lowest BCUT2D eigenvalue weighted by Gasteiger charge is -2.42. The average molecular weight is 273 g/mol. The van der Waals surface area contributed by atoms with Crippen LogP contribution in [0.25, 0.3) is 0 Å². The van der Waals surface area contributed by atoms with Crippen LogP contribution >= 0.6 is 23.2 Å². The van der Waals surface area contributed by atoms with Crippen LogP contribution < -0.4 is 5.32 Å². The zero-order chi connectivity index (χ0) is 12.5. The lowest BCUT2D eigenvalue weighted by atomic mass is 9.74. The molecule has 1 aliphatic rings. The molecule has 17 heavy (non-hydrogen) atoms. The van der Waals surface area contributed by atoms with E-state index >= 15 is 0 Å². The van der Waals surface area contributed by atoms with Gasteiger partial charge in [-0.2, -0.15) is 0 Å². The molecule has 0 spiro atoms. The van der Waals surface area contributed by atoms with Gasteiger partial charge in [0, 0.05) is 11.7 Å². The van der Waals surface area contributed by atoms with E-state index in [-0.39, 0.29) is 16.6 Å². The first-order valence-electron chi connectivity index (χ1n) is 5.70. The maximum absolute atomic E-state index is 12.1. The fourth-order valence-corrected chi connectivity index (χ4v) is 2.41. The number of rotatable bonds is 3. The third-order valence-electron chi connectivity index (χ3n) is 3.43. The summed E-state index contributed by atoms with van der Waals surface area (Å²) in [5.41, 5.74) is 0.349. The highest BCUT2D eigenvalue weighted by Gasteiger charge is 2.36. The largest absolute Gasteiger partial charge is 0.347 e. The molecule has 1 aromatic heterocycles. The third kappa shape index (κ3) is 2.55. The molecule has 1 amide bonds. The molecule has 1 fully saturated rings.